The second-order valence-corrected chi connectivity index (χ2v) is 6.89. The van der Waals surface area contributed by atoms with E-state index in [9.17, 15) is 9.18 Å². The zero-order valence-electron chi connectivity index (χ0n) is 17.4. The summed E-state index contributed by atoms with van der Waals surface area (Å²) in [4.78, 5) is 15.5. The number of fused-ring (bicyclic) bond motifs is 2. The first-order chi connectivity index (χ1) is 15.1. The number of rotatable bonds is 7. The van der Waals surface area contributed by atoms with Gasteiger partial charge in [0.2, 0.25) is 18.3 Å². The molecule has 0 saturated heterocycles. The Morgan fingerprint density at radius 2 is 1.97 bits per heavy atom. The fourth-order valence-electron chi connectivity index (χ4n) is 3.63. The normalized spacial score (nSPS) is 12.5. The van der Waals surface area contributed by atoms with Crippen LogP contribution >= 0.6 is 0 Å². The second kappa shape index (κ2) is 8.55. The van der Waals surface area contributed by atoms with Crippen LogP contribution in [0.15, 0.2) is 29.4 Å². The summed E-state index contributed by atoms with van der Waals surface area (Å²) in [5, 5.41) is 4.71. The molecule has 4 rings (SSSR count). The van der Waals surface area contributed by atoms with Gasteiger partial charge >= 0.3 is 0 Å². The summed E-state index contributed by atoms with van der Waals surface area (Å²) in [6, 6.07) is 5.82. The van der Waals surface area contributed by atoms with Gasteiger partial charge < -0.3 is 23.9 Å². The first-order valence-corrected chi connectivity index (χ1v) is 9.75. The van der Waals surface area contributed by atoms with Gasteiger partial charge in [-0.05, 0) is 30.7 Å². The van der Waals surface area contributed by atoms with Crippen molar-refractivity contribution in [2.24, 2.45) is 5.10 Å². The van der Waals surface area contributed by atoms with Crippen LogP contribution in [0.3, 0.4) is 0 Å². The molecule has 0 unspecified atom stereocenters. The molecule has 0 aliphatic carbocycles. The van der Waals surface area contributed by atoms with Gasteiger partial charge in [-0.1, -0.05) is 13.3 Å². The minimum absolute atomic E-state index is 0.0614. The van der Waals surface area contributed by atoms with Crippen molar-refractivity contribution in [1.29, 1.82) is 0 Å². The lowest BCUT2D eigenvalue weighted by Gasteiger charge is -2.17. The Morgan fingerprint density at radius 1 is 1.23 bits per heavy atom. The topological polar surface area (TPSA) is 94.2 Å². The molecule has 1 amide bonds. The fraction of sp³-hybridized carbons (Fsp3) is 0.273. The van der Waals surface area contributed by atoms with Gasteiger partial charge in [0.15, 0.2) is 11.5 Å². The van der Waals surface area contributed by atoms with Crippen molar-refractivity contribution in [1.82, 2.24) is 10.4 Å². The molecule has 162 valence electrons. The van der Waals surface area contributed by atoms with Crippen LogP contribution in [0.5, 0.6) is 23.0 Å². The van der Waals surface area contributed by atoms with Crippen molar-refractivity contribution in [3.8, 4) is 23.0 Å². The highest BCUT2D eigenvalue weighted by atomic mass is 19.1. The maximum atomic E-state index is 13.4. The summed E-state index contributed by atoms with van der Waals surface area (Å²) in [6.07, 6.45) is 3.02. The summed E-state index contributed by atoms with van der Waals surface area (Å²) in [7, 11) is 3.09. The zero-order chi connectivity index (χ0) is 22.0. The number of halogens is 1. The minimum Gasteiger partial charge on any atom is -0.492 e. The van der Waals surface area contributed by atoms with E-state index in [-0.39, 0.29) is 18.3 Å². The number of carbonyl (C=O) groups excluding carboxylic acids is 1. The van der Waals surface area contributed by atoms with Crippen molar-refractivity contribution in [3.05, 3.63) is 46.9 Å². The first kappa shape index (κ1) is 20.5. The average molecular weight is 427 g/mol. The number of aromatic nitrogens is 1. The van der Waals surface area contributed by atoms with Crippen molar-refractivity contribution in [3.63, 3.8) is 0 Å². The molecule has 3 aromatic rings. The smallest absolute Gasteiger partial charge is 0.287 e. The fourth-order valence-corrected chi connectivity index (χ4v) is 3.63. The van der Waals surface area contributed by atoms with E-state index in [1.165, 1.54) is 25.5 Å². The maximum Gasteiger partial charge on any atom is 0.287 e. The molecule has 31 heavy (non-hydrogen) atoms. The molecule has 1 aliphatic heterocycles. The van der Waals surface area contributed by atoms with Gasteiger partial charge in [0.05, 0.1) is 20.4 Å². The molecular weight excluding hydrogens is 405 g/mol. The van der Waals surface area contributed by atoms with Gasteiger partial charge in [-0.25, -0.2) is 9.82 Å². The largest absolute Gasteiger partial charge is 0.492 e. The van der Waals surface area contributed by atoms with Crippen LogP contribution in [0.25, 0.3) is 10.9 Å². The number of nitrogens with zero attached hydrogens (tertiary/aromatic N) is 1. The van der Waals surface area contributed by atoms with Crippen molar-refractivity contribution < 1.29 is 28.1 Å². The van der Waals surface area contributed by atoms with E-state index in [1.54, 1.807) is 19.2 Å². The number of hydrogen-bond acceptors (Lipinski definition) is 6. The standard InChI is InChI=1S/C22H22FN3O5/c1-4-5-14-15(19(29-3)21-20(18(14)28-2)30-11-31-21)10-24-26-22(27)17-9-12-8-13(23)6-7-16(12)25-17/h6-10,25H,4-5,11H2,1-3H3,(H,26,27)/b24-10-. The van der Waals surface area contributed by atoms with E-state index in [0.29, 0.717) is 45.9 Å². The Balaban J connectivity index is 1.65. The molecule has 2 N–H and O–H groups in total. The predicted molar refractivity (Wildman–Crippen MR) is 113 cm³/mol. The van der Waals surface area contributed by atoms with Crippen molar-refractivity contribution in [2.45, 2.75) is 19.8 Å². The Morgan fingerprint density at radius 3 is 2.68 bits per heavy atom. The van der Waals surface area contributed by atoms with Gasteiger partial charge in [0, 0.05) is 22.0 Å². The van der Waals surface area contributed by atoms with E-state index in [0.717, 1.165) is 12.0 Å². The molecule has 0 spiro atoms. The van der Waals surface area contributed by atoms with Crippen LogP contribution in [-0.4, -0.2) is 38.1 Å². The number of hydrogen-bond donors (Lipinski definition) is 2. The number of benzene rings is 2. The third-order valence-electron chi connectivity index (χ3n) is 4.96. The average Bonchev–Trinajstić information content (AvgIpc) is 3.40. The quantitative estimate of drug-likeness (QED) is 0.442. The van der Waals surface area contributed by atoms with Crippen LogP contribution < -0.4 is 24.4 Å². The lowest BCUT2D eigenvalue weighted by Crippen LogP contribution is -2.18. The third kappa shape index (κ3) is 3.74. The molecule has 0 fully saturated rings. The van der Waals surface area contributed by atoms with Gasteiger partial charge in [-0.3, -0.25) is 4.79 Å². The summed E-state index contributed by atoms with van der Waals surface area (Å²) in [5.41, 5.74) is 4.87. The van der Waals surface area contributed by atoms with E-state index in [1.807, 2.05) is 6.92 Å². The van der Waals surface area contributed by atoms with Crippen LogP contribution in [0.1, 0.15) is 35.0 Å². The molecule has 1 aliphatic rings. The molecule has 0 saturated carbocycles. The van der Waals surface area contributed by atoms with Crippen molar-refractivity contribution >= 4 is 23.0 Å². The number of aromatic amines is 1. The second-order valence-electron chi connectivity index (χ2n) is 6.89. The summed E-state index contributed by atoms with van der Waals surface area (Å²) in [6.45, 7) is 2.10. The lowest BCUT2D eigenvalue weighted by molar-refractivity contribution is 0.0951. The lowest BCUT2D eigenvalue weighted by atomic mass is 10.00. The Labute approximate surface area is 177 Å². The number of ether oxygens (including phenoxy) is 4. The maximum absolute atomic E-state index is 13.4. The van der Waals surface area contributed by atoms with Crippen LogP contribution in [0, 0.1) is 5.82 Å². The van der Waals surface area contributed by atoms with Crippen LogP contribution in [-0.2, 0) is 6.42 Å². The van der Waals surface area contributed by atoms with Crippen molar-refractivity contribution in [2.75, 3.05) is 21.0 Å². The molecule has 0 atom stereocenters. The molecular formula is C22H22FN3O5. The zero-order valence-corrected chi connectivity index (χ0v) is 17.4. The first-order valence-electron chi connectivity index (χ1n) is 9.75. The number of hydrazone groups is 1. The number of carbonyl (C=O) groups is 1. The van der Waals surface area contributed by atoms with Gasteiger partial charge in [0.25, 0.3) is 5.91 Å². The van der Waals surface area contributed by atoms with E-state index in [2.05, 4.69) is 15.5 Å². The number of methoxy groups -OCH3 is 2. The highest BCUT2D eigenvalue weighted by Crippen LogP contribution is 2.51. The van der Waals surface area contributed by atoms with Gasteiger partial charge in [-0.2, -0.15) is 5.10 Å². The summed E-state index contributed by atoms with van der Waals surface area (Å²) in [5.74, 6) is 1.11. The predicted octanol–water partition coefficient (Wildman–Crippen LogP) is 3.77. The minimum atomic E-state index is -0.462. The highest BCUT2D eigenvalue weighted by molar-refractivity contribution is 5.99. The number of nitrogens with one attached hydrogen (secondary N) is 2. The highest BCUT2D eigenvalue weighted by Gasteiger charge is 2.30. The van der Waals surface area contributed by atoms with E-state index in [4.69, 9.17) is 18.9 Å². The Hall–Kier alpha value is -3.75. The molecule has 9 heteroatoms. The van der Waals surface area contributed by atoms with Crippen LogP contribution in [0.4, 0.5) is 4.39 Å². The van der Waals surface area contributed by atoms with Crippen LogP contribution in [0.2, 0.25) is 0 Å². The van der Waals surface area contributed by atoms with E-state index < -0.39 is 5.91 Å². The molecule has 1 aromatic heterocycles. The van der Waals surface area contributed by atoms with Gasteiger partial charge in [0.1, 0.15) is 11.5 Å². The molecule has 0 radical (unpaired) electrons. The Bertz CT molecular complexity index is 1170. The number of amides is 1. The van der Waals surface area contributed by atoms with E-state index >= 15 is 0 Å². The molecule has 2 heterocycles. The SMILES string of the molecule is CCCc1c(/C=N\NC(=O)c2cc3cc(F)ccc3[nH]2)c(OC)c2c(c1OC)OCO2. The molecule has 2 aromatic carbocycles. The summed E-state index contributed by atoms with van der Waals surface area (Å²) < 4.78 is 35.7. The Kier molecular flexibility index (Phi) is 5.66. The van der Waals surface area contributed by atoms with Gasteiger partial charge in [-0.15, -0.1) is 0 Å². The molecule has 0 bridgehead atoms. The number of H-pyrrole nitrogens is 1. The molecule has 8 nitrogen and oxygen atoms in total. The third-order valence-corrected chi connectivity index (χ3v) is 4.96. The monoisotopic (exact) mass is 427 g/mol. The summed E-state index contributed by atoms with van der Waals surface area (Å²) >= 11 is 0.